The molecule has 0 unspecified atom stereocenters. The van der Waals surface area contributed by atoms with Crippen LogP contribution in [0.3, 0.4) is 0 Å². The predicted octanol–water partition coefficient (Wildman–Crippen LogP) is 2.70. The Kier molecular flexibility index (Phi) is 7.89. The van der Waals surface area contributed by atoms with E-state index in [2.05, 4.69) is 34.4 Å². The van der Waals surface area contributed by atoms with Crippen LogP contribution >= 0.6 is 0 Å². The summed E-state index contributed by atoms with van der Waals surface area (Å²) in [7, 11) is 1.74. The number of nitrogens with zero attached hydrogens (tertiary/aromatic N) is 2. The van der Waals surface area contributed by atoms with Crippen LogP contribution in [0.2, 0.25) is 0 Å². The standard InChI is InChI=1S/C14H26N4O/c1-4-12-13(15-5-2)17-11-18-14(12)16-9-7-6-8-10-19-3/h11H,4-10H2,1-3H3,(H2,15,16,17,18). The Balaban J connectivity index is 2.46. The zero-order valence-electron chi connectivity index (χ0n) is 12.3. The number of unbranched alkanes of at least 4 members (excludes halogenated alkanes) is 2. The van der Waals surface area contributed by atoms with Gasteiger partial charge in [-0.3, -0.25) is 0 Å². The van der Waals surface area contributed by atoms with Crippen molar-refractivity contribution < 1.29 is 4.74 Å². The molecule has 0 fully saturated rings. The lowest BCUT2D eigenvalue weighted by Gasteiger charge is -2.13. The molecule has 0 atom stereocenters. The molecule has 19 heavy (non-hydrogen) atoms. The number of aromatic nitrogens is 2. The zero-order valence-corrected chi connectivity index (χ0v) is 12.3. The second-order valence-corrected chi connectivity index (χ2v) is 4.41. The second kappa shape index (κ2) is 9.55. The van der Waals surface area contributed by atoms with Gasteiger partial charge in [0.15, 0.2) is 0 Å². The van der Waals surface area contributed by atoms with E-state index in [1.807, 2.05) is 0 Å². The molecular weight excluding hydrogens is 240 g/mol. The quantitative estimate of drug-likeness (QED) is 0.638. The maximum atomic E-state index is 5.04. The molecular formula is C14H26N4O. The fourth-order valence-corrected chi connectivity index (χ4v) is 1.97. The van der Waals surface area contributed by atoms with Crippen LogP contribution in [0.25, 0.3) is 0 Å². The minimum absolute atomic E-state index is 0.846. The Bertz CT molecular complexity index is 357. The highest BCUT2D eigenvalue weighted by molar-refractivity contribution is 5.57. The molecule has 1 rings (SSSR count). The number of hydrogen-bond acceptors (Lipinski definition) is 5. The van der Waals surface area contributed by atoms with E-state index in [1.165, 1.54) is 12.0 Å². The number of ether oxygens (including phenoxy) is 1. The van der Waals surface area contributed by atoms with Crippen molar-refractivity contribution >= 4 is 11.6 Å². The minimum Gasteiger partial charge on any atom is -0.385 e. The molecule has 0 saturated heterocycles. The normalized spacial score (nSPS) is 10.5. The van der Waals surface area contributed by atoms with Gasteiger partial charge in [-0.05, 0) is 32.6 Å². The maximum absolute atomic E-state index is 5.04. The summed E-state index contributed by atoms with van der Waals surface area (Å²) in [6, 6.07) is 0. The Morgan fingerprint density at radius 2 is 1.79 bits per heavy atom. The van der Waals surface area contributed by atoms with Crippen molar-refractivity contribution in [1.82, 2.24) is 9.97 Å². The van der Waals surface area contributed by atoms with Crippen molar-refractivity contribution in [1.29, 1.82) is 0 Å². The van der Waals surface area contributed by atoms with Crippen LogP contribution in [-0.4, -0.2) is 36.8 Å². The van der Waals surface area contributed by atoms with Gasteiger partial charge in [-0.1, -0.05) is 6.92 Å². The summed E-state index contributed by atoms with van der Waals surface area (Å²) in [5.74, 6) is 1.90. The molecule has 1 heterocycles. The first-order valence-corrected chi connectivity index (χ1v) is 7.14. The third-order valence-corrected chi connectivity index (χ3v) is 2.96. The maximum Gasteiger partial charge on any atom is 0.134 e. The van der Waals surface area contributed by atoms with Crippen LogP contribution in [0.5, 0.6) is 0 Å². The molecule has 0 bridgehead atoms. The molecule has 0 spiro atoms. The average Bonchev–Trinajstić information content (AvgIpc) is 2.43. The topological polar surface area (TPSA) is 59.1 Å². The Morgan fingerprint density at radius 1 is 1.05 bits per heavy atom. The number of anilines is 2. The molecule has 0 saturated carbocycles. The van der Waals surface area contributed by atoms with E-state index in [1.54, 1.807) is 13.4 Å². The monoisotopic (exact) mass is 266 g/mol. The van der Waals surface area contributed by atoms with Crippen LogP contribution < -0.4 is 10.6 Å². The molecule has 0 aromatic carbocycles. The molecule has 5 heteroatoms. The van der Waals surface area contributed by atoms with Crippen molar-refractivity contribution in [2.45, 2.75) is 39.5 Å². The summed E-state index contributed by atoms with van der Waals surface area (Å²) in [5.41, 5.74) is 1.17. The molecule has 1 aromatic heterocycles. The van der Waals surface area contributed by atoms with Crippen LogP contribution in [0.4, 0.5) is 11.6 Å². The van der Waals surface area contributed by atoms with Gasteiger partial charge >= 0.3 is 0 Å². The lowest BCUT2D eigenvalue weighted by atomic mass is 10.2. The second-order valence-electron chi connectivity index (χ2n) is 4.41. The molecule has 108 valence electrons. The van der Waals surface area contributed by atoms with Gasteiger partial charge in [0.25, 0.3) is 0 Å². The molecule has 5 nitrogen and oxygen atoms in total. The Labute approximate surface area is 116 Å². The van der Waals surface area contributed by atoms with Crippen LogP contribution in [-0.2, 0) is 11.2 Å². The lowest BCUT2D eigenvalue weighted by Crippen LogP contribution is -2.10. The van der Waals surface area contributed by atoms with Gasteiger partial charge in [-0.2, -0.15) is 0 Å². The first kappa shape index (κ1) is 15.7. The Hall–Kier alpha value is -1.36. The Morgan fingerprint density at radius 3 is 2.42 bits per heavy atom. The van der Waals surface area contributed by atoms with E-state index in [-0.39, 0.29) is 0 Å². The number of nitrogens with one attached hydrogen (secondary N) is 2. The van der Waals surface area contributed by atoms with E-state index < -0.39 is 0 Å². The summed E-state index contributed by atoms with van der Waals surface area (Å²) < 4.78 is 5.04. The van der Waals surface area contributed by atoms with E-state index >= 15 is 0 Å². The predicted molar refractivity (Wildman–Crippen MR) is 79.8 cm³/mol. The van der Waals surface area contributed by atoms with Crippen molar-refractivity contribution in [2.75, 3.05) is 37.4 Å². The van der Waals surface area contributed by atoms with Crippen molar-refractivity contribution in [2.24, 2.45) is 0 Å². The number of hydrogen-bond donors (Lipinski definition) is 2. The van der Waals surface area contributed by atoms with E-state index in [0.717, 1.165) is 50.6 Å². The summed E-state index contributed by atoms with van der Waals surface area (Å²) in [5, 5.41) is 6.69. The summed E-state index contributed by atoms with van der Waals surface area (Å²) >= 11 is 0. The highest BCUT2D eigenvalue weighted by atomic mass is 16.5. The van der Waals surface area contributed by atoms with E-state index in [0.29, 0.717) is 0 Å². The molecule has 0 amide bonds. The summed E-state index contributed by atoms with van der Waals surface area (Å²) in [4.78, 5) is 8.63. The molecule has 0 radical (unpaired) electrons. The molecule has 2 N–H and O–H groups in total. The first-order chi connectivity index (χ1) is 9.33. The average molecular weight is 266 g/mol. The fraction of sp³-hybridized carbons (Fsp3) is 0.714. The molecule has 0 aliphatic rings. The number of rotatable bonds is 10. The first-order valence-electron chi connectivity index (χ1n) is 7.14. The van der Waals surface area contributed by atoms with Gasteiger partial charge in [0, 0.05) is 32.4 Å². The van der Waals surface area contributed by atoms with E-state index in [4.69, 9.17) is 4.74 Å². The number of methoxy groups -OCH3 is 1. The van der Waals surface area contributed by atoms with E-state index in [9.17, 15) is 0 Å². The molecule has 1 aromatic rings. The third kappa shape index (κ3) is 5.42. The molecule has 0 aliphatic heterocycles. The van der Waals surface area contributed by atoms with Crippen LogP contribution in [0.15, 0.2) is 6.33 Å². The zero-order chi connectivity index (χ0) is 13.9. The van der Waals surface area contributed by atoms with Gasteiger partial charge in [0.05, 0.1) is 0 Å². The fourth-order valence-electron chi connectivity index (χ4n) is 1.97. The van der Waals surface area contributed by atoms with Crippen LogP contribution in [0.1, 0.15) is 38.7 Å². The van der Waals surface area contributed by atoms with Gasteiger partial charge < -0.3 is 15.4 Å². The van der Waals surface area contributed by atoms with Gasteiger partial charge in [-0.25, -0.2) is 9.97 Å². The van der Waals surface area contributed by atoms with Crippen molar-refractivity contribution in [3.63, 3.8) is 0 Å². The van der Waals surface area contributed by atoms with Crippen LogP contribution in [0, 0.1) is 0 Å². The van der Waals surface area contributed by atoms with Gasteiger partial charge in [0.1, 0.15) is 18.0 Å². The SMILES string of the molecule is CCNc1ncnc(NCCCCCOC)c1CC. The van der Waals surface area contributed by atoms with Crippen molar-refractivity contribution in [3.8, 4) is 0 Å². The third-order valence-electron chi connectivity index (χ3n) is 2.96. The largest absolute Gasteiger partial charge is 0.385 e. The summed E-state index contributed by atoms with van der Waals surface area (Å²) in [6.07, 6.45) is 5.96. The summed E-state index contributed by atoms with van der Waals surface area (Å²) in [6.45, 7) is 6.87. The highest BCUT2D eigenvalue weighted by Gasteiger charge is 2.08. The van der Waals surface area contributed by atoms with Gasteiger partial charge in [-0.15, -0.1) is 0 Å². The molecule has 0 aliphatic carbocycles. The van der Waals surface area contributed by atoms with Gasteiger partial charge in [0.2, 0.25) is 0 Å². The lowest BCUT2D eigenvalue weighted by molar-refractivity contribution is 0.192. The van der Waals surface area contributed by atoms with Crippen molar-refractivity contribution in [3.05, 3.63) is 11.9 Å². The highest BCUT2D eigenvalue weighted by Crippen LogP contribution is 2.20. The smallest absolute Gasteiger partial charge is 0.134 e. The minimum atomic E-state index is 0.846.